The molecule has 0 spiro atoms. The summed E-state index contributed by atoms with van der Waals surface area (Å²) in [5.41, 5.74) is 8.52. The van der Waals surface area contributed by atoms with E-state index in [9.17, 15) is 9.65 Å². The number of nitrogens with zero attached hydrogens (tertiary/aromatic N) is 2. The molecule has 102 valence electrons. The summed E-state index contributed by atoms with van der Waals surface area (Å²) >= 11 is 0. The number of rotatable bonds is 3. The number of nitrogen functional groups attached to an aromatic ring is 1. The number of benzene rings is 1. The maximum Gasteiger partial charge on any atom is 0.142 e. The van der Waals surface area contributed by atoms with Crippen LogP contribution in [0.2, 0.25) is 0 Å². The van der Waals surface area contributed by atoms with Crippen LogP contribution >= 0.6 is 0 Å². The number of hydrogen-bond acceptors (Lipinski definition) is 3. The first-order chi connectivity index (χ1) is 9.51. The highest BCUT2D eigenvalue weighted by Crippen LogP contribution is 2.28. The van der Waals surface area contributed by atoms with Gasteiger partial charge in [-0.2, -0.15) is 5.26 Å². The average molecular weight is 269 g/mol. The van der Waals surface area contributed by atoms with E-state index in [1.54, 1.807) is 12.1 Å². The first-order valence-electron chi connectivity index (χ1n) is 6.46. The minimum Gasteiger partial charge on any atom is -0.383 e. The van der Waals surface area contributed by atoms with Crippen LogP contribution in [0.5, 0.6) is 0 Å². The van der Waals surface area contributed by atoms with Crippen LogP contribution in [0.3, 0.4) is 0 Å². The molecule has 1 aromatic carbocycles. The maximum absolute atomic E-state index is 13.0. The number of halogens is 1. The van der Waals surface area contributed by atoms with Crippen molar-refractivity contribution in [2.45, 2.75) is 20.3 Å². The van der Waals surface area contributed by atoms with Crippen LogP contribution in [0.25, 0.3) is 11.1 Å². The monoisotopic (exact) mass is 269 g/mol. The molecule has 2 aromatic rings. The lowest BCUT2D eigenvalue weighted by atomic mass is 9.98. The van der Waals surface area contributed by atoms with E-state index < -0.39 is 0 Å². The zero-order chi connectivity index (χ0) is 14.7. The zero-order valence-electron chi connectivity index (χ0n) is 11.5. The molecule has 0 bridgehead atoms. The molecule has 0 radical (unpaired) electrons. The van der Waals surface area contributed by atoms with Gasteiger partial charge in [0, 0.05) is 11.3 Å². The highest BCUT2D eigenvalue weighted by molar-refractivity contribution is 5.75. The molecule has 1 heterocycles. The molecule has 0 aliphatic carbocycles. The Morgan fingerprint density at radius 3 is 2.50 bits per heavy atom. The Hall–Kier alpha value is -2.41. The van der Waals surface area contributed by atoms with Crippen LogP contribution in [0.1, 0.15) is 25.1 Å². The van der Waals surface area contributed by atoms with Crippen LogP contribution in [0.4, 0.5) is 10.2 Å². The predicted octanol–water partition coefficient (Wildman–Crippen LogP) is 3.54. The van der Waals surface area contributed by atoms with Crippen molar-refractivity contribution in [1.29, 1.82) is 5.26 Å². The molecule has 1 aromatic heterocycles. The number of hydrogen-bond donors (Lipinski definition) is 1. The molecule has 0 atom stereocenters. The van der Waals surface area contributed by atoms with Gasteiger partial charge in [0.1, 0.15) is 23.3 Å². The van der Waals surface area contributed by atoms with Crippen LogP contribution < -0.4 is 5.73 Å². The highest BCUT2D eigenvalue weighted by Gasteiger charge is 2.13. The van der Waals surface area contributed by atoms with Crippen molar-refractivity contribution in [1.82, 2.24) is 4.98 Å². The summed E-state index contributed by atoms with van der Waals surface area (Å²) in [5.74, 6) is 0.359. The summed E-state index contributed by atoms with van der Waals surface area (Å²) in [6.07, 6.45) is 0.782. The number of anilines is 1. The molecule has 4 heteroatoms. The van der Waals surface area contributed by atoms with Crippen molar-refractivity contribution in [3.05, 3.63) is 47.4 Å². The van der Waals surface area contributed by atoms with E-state index >= 15 is 0 Å². The van der Waals surface area contributed by atoms with E-state index in [0.717, 1.165) is 17.7 Å². The quantitative estimate of drug-likeness (QED) is 0.927. The lowest BCUT2D eigenvalue weighted by Gasteiger charge is -2.11. The molecule has 0 fully saturated rings. The molecule has 20 heavy (non-hydrogen) atoms. The molecular formula is C16H16FN3. The summed E-state index contributed by atoms with van der Waals surface area (Å²) in [6.45, 7) is 4.18. The number of nitriles is 1. The van der Waals surface area contributed by atoms with E-state index in [1.807, 2.05) is 6.07 Å². The normalized spacial score (nSPS) is 10.6. The van der Waals surface area contributed by atoms with Crippen molar-refractivity contribution in [2.24, 2.45) is 5.92 Å². The van der Waals surface area contributed by atoms with Crippen molar-refractivity contribution < 1.29 is 4.39 Å². The fraction of sp³-hybridized carbons (Fsp3) is 0.250. The first kappa shape index (κ1) is 14.0. The number of pyridine rings is 1. The third-order valence-corrected chi connectivity index (χ3v) is 2.98. The van der Waals surface area contributed by atoms with Crippen LogP contribution in [-0.2, 0) is 6.42 Å². The molecule has 0 aliphatic rings. The Labute approximate surface area is 117 Å². The van der Waals surface area contributed by atoms with Gasteiger partial charge in [0.15, 0.2) is 0 Å². The predicted molar refractivity (Wildman–Crippen MR) is 77.3 cm³/mol. The van der Waals surface area contributed by atoms with Crippen LogP contribution in [-0.4, -0.2) is 4.98 Å². The summed E-state index contributed by atoms with van der Waals surface area (Å²) in [4.78, 5) is 4.27. The van der Waals surface area contributed by atoms with E-state index in [-0.39, 0.29) is 11.6 Å². The molecule has 0 saturated heterocycles. The van der Waals surface area contributed by atoms with Gasteiger partial charge in [-0.15, -0.1) is 0 Å². The fourth-order valence-corrected chi connectivity index (χ4v) is 2.12. The van der Waals surface area contributed by atoms with Gasteiger partial charge < -0.3 is 5.73 Å². The molecule has 0 aliphatic heterocycles. The Morgan fingerprint density at radius 1 is 1.30 bits per heavy atom. The lowest BCUT2D eigenvalue weighted by molar-refractivity contribution is 0.628. The van der Waals surface area contributed by atoms with Gasteiger partial charge in [-0.05, 0) is 36.1 Å². The third-order valence-electron chi connectivity index (χ3n) is 2.98. The summed E-state index contributed by atoms with van der Waals surface area (Å²) in [6, 6.07) is 9.97. The third kappa shape index (κ3) is 2.94. The Bertz CT molecular complexity index is 655. The van der Waals surface area contributed by atoms with Crippen molar-refractivity contribution in [3.63, 3.8) is 0 Å². The smallest absolute Gasteiger partial charge is 0.142 e. The zero-order valence-corrected chi connectivity index (χ0v) is 11.5. The van der Waals surface area contributed by atoms with E-state index in [0.29, 0.717) is 17.0 Å². The second-order valence-electron chi connectivity index (χ2n) is 5.14. The largest absolute Gasteiger partial charge is 0.383 e. The SMILES string of the molecule is CC(C)Cc1cc(-c2ccc(F)cc2)c(C#N)c(N)n1. The van der Waals surface area contributed by atoms with E-state index in [1.165, 1.54) is 12.1 Å². The van der Waals surface area contributed by atoms with Gasteiger partial charge in [0.2, 0.25) is 0 Å². The van der Waals surface area contributed by atoms with Gasteiger partial charge in [-0.1, -0.05) is 26.0 Å². The van der Waals surface area contributed by atoms with Gasteiger partial charge in [-0.3, -0.25) is 0 Å². The number of aromatic nitrogens is 1. The molecular weight excluding hydrogens is 253 g/mol. The van der Waals surface area contributed by atoms with Gasteiger partial charge in [0.25, 0.3) is 0 Å². The topological polar surface area (TPSA) is 62.7 Å². The highest BCUT2D eigenvalue weighted by atomic mass is 19.1. The standard InChI is InChI=1S/C16H16FN3/c1-10(2)7-13-8-14(15(9-18)16(19)20-13)11-3-5-12(17)6-4-11/h3-6,8,10H,7H2,1-2H3,(H2,19,20). The second-order valence-corrected chi connectivity index (χ2v) is 5.14. The van der Waals surface area contributed by atoms with E-state index in [4.69, 9.17) is 5.73 Å². The first-order valence-corrected chi connectivity index (χ1v) is 6.46. The Balaban J connectivity index is 2.57. The second kappa shape index (κ2) is 5.70. The summed E-state index contributed by atoms with van der Waals surface area (Å²) in [5, 5.41) is 9.24. The minimum atomic E-state index is -0.309. The average Bonchev–Trinajstić information content (AvgIpc) is 2.38. The minimum absolute atomic E-state index is 0.227. The van der Waals surface area contributed by atoms with Crippen LogP contribution in [0.15, 0.2) is 30.3 Å². The summed E-state index contributed by atoms with van der Waals surface area (Å²) < 4.78 is 13.0. The molecule has 2 rings (SSSR count). The molecule has 0 amide bonds. The molecule has 0 unspecified atom stereocenters. The maximum atomic E-state index is 13.0. The molecule has 3 nitrogen and oxygen atoms in total. The van der Waals surface area contributed by atoms with Gasteiger partial charge in [0.05, 0.1) is 0 Å². The lowest BCUT2D eigenvalue weighted by Crippen LogP contribution is -2.04. The fourth-order valence-electron chi connectivity index (χ4n) is 2.12. The molecule has 2 N–H and O–H groups in total. The van der Waals surface area contributed by atoms with Crippen LogP contribution in [0, 0.1) is 23.1 Å². The van der Waals surface area contributed by atoms with Crippen molar-refractivity contribution in [3.8, 4) is 17.2 Å². The van der Waals surface area contributed by atoms with Crippen molar-refractivity contribution in [2.75, 3.05) is 5.73 Å². The number of nitrogens with two attached hydrogens (primary N) is 1. The molecule has 0 saturated carbocycles. The summed E-state index contributed by atoms with van der Waals surface area (Å²) in [7, 11) is 0. The Kier molecular flexibility index (Phi) is 3.99. The van der Waals surface area contributed by atoms with Gasteiger partial charge >= 0.3 is 0 Å². The van der Waals surface area contributed by atoms with E-state index in [2.05, 4.69) is 24.9 Å². The van der Waals surface area contributed by atoms with Crippen molar-refractivity contribution >= 4 is 5.82 Å². The van der Waals surface area contributed by atoms with Gasteiger partial charge in [-0.25, -0.2) is 9.37 Å². The Morgan fingerprint density at radius 2 is 1.95 bits per heavy atom.